The topological polar surface area (TPSA) is 30.0 Å². The van der Waals surface area contributed by atoms with Crippen molar-refractivity contribution in [2.45, 2.75) is 0 Å². The van der Waals surface area contributed by atoms with Crippen LogP contribution in [-0.2, 0) is 0 Å². The first kappa shape index (κ1) is 15.8. The van der Waals surface area contributed by atoms with Crippen LogP contribution in [0.3, 0.4) is 0 Å². The molecule has 0 aliphatic carbocycles. The van der Waals surface area contributed by atoms with E-state index in [-0.39, 0.29) is 20.3 Å². The molecule has 4 rings (SSSR count). The van der Waals surface area contributed by atoms with Gasteiger partial charge in [-0.2, -0.15) is 0 Å². The molecular formula is C22H15NOSe. The van der Waals surface area contributed by atoms with E-state index in [1.54, 1.807) is 0 Å². The van der Waals surface area contributed by atoms with Crippen LogP contribution in [0.25, 0.3) is 21.3 Å². The monoisotopic (exact) mass is 389 g/mol. The van der Waals surface area contributed by atoms with Crippen molar-refractivity contribution in [2.24, 2.45) is 0 Å². The molecule has 0 amide bonds. The summed E-state index contributed by atoms with van der Waals surface area (Å²) in [6, 6.07) is 29.7. The van der Waals surface area contributed by atoms with E-state index in [2.05, 4.69) is 12.1 Å². The van der Waals surface area contributed by atoms with Crippen molar-refractivity contribution < 1.29 is 4.79 Å². The van der Waals surface area contributed by atoms with Gasteiger partial charge in [-0.05, 0) is 0 Å². The van der Waals surface area contributed by atoms with E-state index < -0.39 is 0 Å². The predicted molar refractivity (Wildman–Crippen MR) is 102 cm³/mol. The van der Waals surface area contributed by atoms with Crippen molar-refractivity contribution in [3.63, 3.8) is 0 Å². The van der Waals surface area contributed by atoms with Gasteiger partial charge in [0.2, 0.25) is 0 Å². The maximum absolute atomic E-state index is 12.9. The van der Waals surface area contributed by atoms with E-state index in [4.69, 9.17) is 4.98 Å². The Bertz CT molecular complexity index is 935. The molecular weight excluding hydrogens is 373 g/mol. The van der Waals surface area contributed by atoms with Crippen LogP contribution < -0.4 is 0 Å². The van der Waals surface area contributed by atoms with Crippen LogP contribution in [0.2, 0.25) is 0 Å². The van der Waals surface area contributed by atoms with Crippen LogP contribution in [0.5, 0.6) is 0 Å². The zero-order valence-corrected chi connectivity index (χ0v) is 15.1. The van der Waals surface area contributed by atoms with Crippen molar-refractivity contribution >= 4 is 20.3 Å². The Morgan fingerprint density at radius 1 is 0.680 bits per heavy atom. The molecule has 0 saturated carbocycles. The Morgan fingerprint density at radius 3 is 1.80 bits per heavy atom. The van der Waals surface area contributed by atoms with Crippen LogP contribution in [0.1, 0.15) is 14.9 Å². The second-order valence-corrected chi connectivity index (χ2v) is 7.72. The number of hydrogen-bond donors (Lipinski definition) is 0. The number of aromatic nitrogens is 1. The average molecular weight is 388 g/mol. The molecule has 3 aromatic carbocycles. The zero-order valence-electron chi connectivity index (χ0n) is 13.4. The van der Waals surface area contributed by atoms with Crippen LogP contribution in [0.4, 0.5) is 0 Å². The minimum atomic E-state index is -0.112. The number of carbonyl (C=O) groups excluding carboxylic acids is 1. The average Bonchev–Trinajstić information content (AvgIpc) is 3.15. The Balaban J connectivity index is 1.86. The molecule has 0 aliphatic heterocycles. The molecule has 1 aromatic heterocycles. The number of nitrogens with zero attached hydrogens (tertiary/aromatic N) is 1. The van der Waals surface area contributed by atoms with Crippen LogP contribution >= 0.6 is 0 Å². The Morgan fingerprint density at radius 2 is 1.20 bits per heavy atom. The summed E-state index contributed by atoms with van der Waals surface area (Å²) in [5.41, 5.74) is 3.82. The van der Waals surface area contributed by atoms with Gasteiger partial charge in [-0.15, -0.1) is 0 Å². The van der Waals surface area contributed by atoms with E-state index in [9.17, 15) is 4.79 Å². The van der Waals surface area contributed by atoms with E-state index in [0.29, 0.717) is 10.1 Å². The third-order valence-electron chi connectivity index (χ3n) is 3.94. The molecule has 0 N–H and O–H groups in total. The summed E-state index contributed by atoms with van der Waals surface area (Å²) in [5, 5.41) is 0. The Hall–Kier alpha value is -2.74. The minimum absolute atomic E-state index is 0.0277. The molecule has 120 valence electrons. The summed E-state index contributed by atoms with van der Waals surface area (Å²) < 4.78 is 1.83. The van der Waals surface area contributed by atoms with E-state index >= 15 is 0 Å². The van der Waals surface area contributed by atoms with Crippen molar-refractivity contribution in [3.8, 4) is 21.3 Å². The molecule has 0 spiro atoms. The Labute approximate surface area is 152 Å². The molecule has 0 bridgehead atoms. The summed E-state index contributed by atoms with van der Waals surface area (Å²) in [6.07, 6.45) is 0. The van der Waals surface area contributed by atoms with Crippen molar-refractivity contribution in [1.29, 1.82) is 0 Å². The molecule has 0 aliphatic rings. The molecule has 1 heterocycles. The molecule has 0 radical (unpaired) electrons. The second kappa shape index (κ2) is 7.02. The molecule has 0 atom stereocenters. The van der Waals surface area contributed by atoms with Gasteiger partial charge in [0.1, 0.15) is 0 Å². The number of hydrogen-bond acceptors (Lipinski definition) is 2. The molecule has 0 fully saturated rings. The molecule has 0 saturated heterocycles. The van der Waals surface area contributed by atoms with Crippen molar-refractivity contribution in [3.05, 3.63) is 101 Å². The van der Waals surface area contributed by atoms with Crippen molar-refractivity contribution in [1.82, 2.24) is 4.98 Å². The fraction of sp³-hybridized carbons (Fsp3) is 0. The molecule has 25 heavy (non-hydrogen) atoms. The van der Waals surface area contributed by atoms with Gasteiger partial charge in [0, 0.05) is 0 Å². The SMILES string of the molecule is O=C(c1ccccc1)c1nc(-c2ccccc2)c(-c2ccccc2)[se]1. The first-order chi connectivity index (χ1) is 12.3. The summed E-state index contributed by atoms with van der Waals surface area (Å²) in [6.45, 7) is 0. The van der Waals surface area contributed by atoms with Gasteiger partial charge in [-0.25, -0.2) is 0 Å². The molecule has 2 nitrogen and oxygen atoms in total. The van der Waals surface area contributed by atoms with Gasteiger partial charge in [-0.3, -0.25) is 0 Å². The van der Waals surface area contributed by atoms with E-state index in [1.807, 2.05) is 78.9 Å². The van der Waals surface area contributed by atoms with Crippen LogP contribution in [0.15, 0.2) is 91.0 Å². The zero-order chi connectivity index (χ0) is 17.1. The third-order valence-corrected chi connectivity index (χ3v) is 6.26. The first-order valence-corrected chi connectivity index (χ1v) is 9.75. The van der Waals surface area contributed by atoms with Gasteiger partial charge in [0.25, 0.3) is 0 Å². The summed E-state index contributed by atoms with van der Waals surface area (Å²) >= 11 is -0.112. The quantitative estimate of drug-likeness (QED) is 0.375. The molecule has 0 unspecified atom stereocenters. The van der Waals surface area contributed by atoms with Gasteiger partial charge < -0.3 is 0 Å². The van der Waals surface area contributed by atoms with Gasteiger partial charge in [0.05, 0.1) is 0 Å². The van der Waals surface area contributed by atoms with Crippen molar-refractivity contribution in [2.75, 3.05) is 0 Å². The molecule has 4 aromatic rings. The number of rotatable bonds is 4. The van der Waals surface area contributed by atoms with Crippen LogP contribution in [-0.4, -0.2) is 25.3 Å². The number of carbonyl (C=O) groups is 1. The standard InChI is InChI=1S/C22H15NOSe/c24-20(17-12-6-2-7-13-17)22-23-19(16-10-4-1-5-11-16)21(25-22)18-14-8-3-9-15-18/h1-15H. The van der Waals surface area contributed by atoms with E-state index in [0.717, 1.165) is 16.8 Å². The third kappa shape index (κ3) is 3.25. The van der Waals surface area contributed by atoms with Gasteiger partial charge in [-0.1, -0.05) is 0 Å². The molecule has 3 heteroatoms. The fourth-order valence-corrected chi connectivity index (χ4v) is 4.92. The van der Waals surface area contributed by atoms with E-state index in [1.165, 1.54) is 4.44 Å². The predicted octanol–water partition coefficient (Wildman–Crippen LogP) is 4.70. The second-order valence-electron chi connectivity index (χ2n) is 5.62. The first-order valence-electron chi connectivity index (χ1n) is 8.04. The summed E-state index contributed by atoms with van der Waals surface area (Å²) in [5.74, 6) is 0.0277. The van der Waals surface area contributed by atoms with Crippen LogP contribution in [0, 0.1) is 0 Å². The van der Waals surface area contributed by atoms with Gasteiger partial charge >= 0.3 is 152 Å². The van der Waals surface area contributed by atoms with Gasteiger partial charge in [0.15, 0.2) is 0 Å². The fourth-order valence-electron chi connectivity index (χ4n) is 2.71. The summed E-state index contributed by atoms with van der Waals surface area (Å²) in [7, 11) is 0. The normalized spacial score (nSPS) is 10.6. The maximum atomic E-state index is 12.9. The Kier molecular flexibility index (Phi) is 4.43. The number of ketones is 1. The summed E-state index contributed by atoms with van der Waals surface area (Å²) in [4.78, 5) is 17.6. The number of benzene rings is 3.